The summed E-state index contributed by atoms with van der Waals surface area (Å²) in [6.45, 7) is 4.70. The van der Waals surface area contributed by atoms with Gasteiger partial charge in [-0.25, -0.2) is 18.5 Å². The second-order valence-corrected chi connectivity index (χ2v) is 13.2. The first-order valence-corrected chi connectivity index (χ1v) is 15.8. The molecular weight excluding hydrogens is 550 g/mol. The average Bonchev–Trinajstić information content (AvgIpc) is 3.35. The minimum Gasteiger partial charge on any atom is -0.349 e. The highest BCUT2D eigenvalue weighted by Crippen LogP contribution is 2.49. The van der Waals surface area contributed by atoms with Crippen molar-refractivity contribution >= 4 is 23.5 Å². The van der Waals surface area contributed by atoms with Crippen molar-refractivity contribution in [1.82, 2.24) is 15.1 Å². The monoisotopic (exact) mass is 592 g/mol. The summed E-state index contributed by atoms with van der Waals surface area (Å²) in [4.78, 5) is 46.8. The molecule has 2 bridgehead atoms. The molecule has 4 amide bonds. The van der Waals surface area contributed by atoms with Gasteiger partial charge >= 0.3 is 6.03 Å². The highest BCUT2D eigenvalue weighted by Gasteiger charge is 2.63. The molecule has 3 heterocycles. The van der Waals surface area contributed by atoms with E-state index < -0.39 is 17.4 Å². The Balaban J connectivity index is 1.18. The number of anilines is 1. The van der Waals surface area contributed by atoms with Crippen LogP contribution < -0.4 is 10.2 Å². The van der Waals surface area contributed by atoms with Crippen molar-refractivity contribution < 1.29 is 23.2 Å². The zero-order chi connectivity index (χ0) is 30.4. The first-order valence-electron chi connectivity index (χ1n) is 15.8. The third kappa shape index (κ3) is 5.56. The molecule has 9 heteroatoms. The van der Waals surface area contributed by atoms with Gasteiger partial charge in [0, 0.05) is 43.4 Å². The summed E-state index contributed by atoms with van der Waals surface area (Å²) < 4.78 is 27.4. The molecule has 1 spiro atoms. The lowest BCUT2D eigenvalue weighted by molar-refractivity contribution is -0.131. The number of hydrogen-bond donors (Lipinski definition) is 1. The molecule has 1 saturated carbocycles. The molecule has 4 fully saturated rings. The summed E-state index contributed by atoms with van der Waals surface area (Å²) in [6, 6.07) is 18.7. The van der Waals surface area contributed by atoms with Crippen LogP contribution in [0.15, 0.2) is 60.7 Å². The third-order valence-electron chi connectivity index (χ3n) is 10.2. The van der Waals surface area contributed by atoms with Crippen LogP contribution in [0, 0.1) is 5.92 Å². The number of rotatable bonds is 8. The molecule has 43 heavy (non-hydrogen) atoms. The van der Waals surface area contributed by atoms with Gasteiger partial charge in [0.25, 0.3) is 5.91 Å². The maximum atomic E-state index is 14.1. The Labute approximate surface area is 252 Å². The van der Waals surface area contributed by atoms with Crippen LogP contribution in [0.1, 0.15) is 83.2 Å². The lowest BCUT2D eigenvalue weighted by Gasteiger charge is -2.48. The van der Waals surface area contributed by atoms with Crippen LogP contribution in [-0.2, 0) is 9.59 Å². The van der Waals surface area contributed by atoms with E-state index in [1.807, 2.05) is 79.4 Å². The Bertz CT molecular complexity index is 1310. The molecule has 1 N–H and O–H groups in total. The van der Waals surface area contributed by atoms with Gasteiger partial charge in [0.05, 0.1) is 11.7 Å². The lowest BCUT2D eigenvalue weighted by Crippen LogP contribution is -2.61. The third-order valence-corrected chi connectivity index (χ3v) is 10.2. The van der Waals surface area contributed by atoms with Gasteiger partial charge in [0.2, 0.25) is 11.8 Å². The van der Waals surface area contributed by atoms with Crippen LogP contribution in [-0.4, -0.2) is 63.8 Å². The molecule has 2 aromatic carbocycles. The van der Waals surface area contributed by atoms with E-state index in [4.69, 9.17) is 0 Å². The molecule has 230 valence electrons. The van der Waals surface area contributed by atoms with Gasteiger partial charge in [-0.1, -0.05) is 48.5 Å². The van der Waals surface area contributed by atoms with Crippen LogP contribution in [0.3, 0.4) is 0 Å². The summed E-state index contributed by atoms with van der Waals surface area (Å²) in [6.07, 6.45) is 3.72. The number of imide groups is 1. The van der Waals surface area contributed by atoms with E-state index in [0.717, 1.165) is 24.9 Å². The van der Waals surface area contributed by atoms with Gasteiger partial charge in [-0.15, -0.1) is 0 Å². The second-order valence-electron chi connectivity index (χ2n) is 13.2. The normalized spacial score (nSPS) is 28.2. The molecule has 4 aliphatic rings. The van der Waals surface area contributed by atoms with E-state index in [1.54, 1.807) is 0 Å². The molecule has 0 radical (unpaired) electrons. The van der Waals surface area contributed by atoms with E-state index in [2.05, 4.69) is 10.2 Å². The highest BCUT2D eigenvalue weighted by atomic mass is 19.3. The summed E-state index contributed by atoms with van der Waals surface area (Å²) in [7, 11) is 0. The first kappa shape index (κ1) is 29.7. The van der Waals surface area contributed by atoms with Gasteiger partial charge in [-0.2, -0.15) is 0 Å². The van der Waals surface area contributed by atoms with E-state index >= 15 is 0 Å². The van der Waals surface area contributed by atoms with Crippen molar-refractivity contribution in [2.45, 2.75) is 107 Å². The minimum absolute atomic E-state index is 0.117. The van der Waals surface area contributed by atoms with Gasteiger partial charge in [-0.05, 0) is 76.5 Å². The number of nitrogens with zero attached hydrogens (tertiary/aromatic N) is 3. The van der Waals surface area contributed by atoms with Crippen LogP contribution >= 0.6 is 0 Å². The van der Waals surface area contributed by atoms with Crippen molar-refractivity contribution in [2.24, 2.45) is 5.92 Å². The average molecular weight is 593 g/mol. The zero-order valence-corrected chi connectivity index (χ0v) is 25.1. The number of amides is 4. The molecule has 0 aromatic heterocycles. The van der Waals surface area contributed by atoms with Crippen LogP contribution in [0.2, 0.25) is 0 Å². The Kier molecular flexibility index (Phi) is 8.05. The molecule has 7 nitrogen and oxygen atoms in total. The predicted molar refractivity (Wildman–Crippen MR) is 161 cm³/mol. The van der Waals surface area contributed by atoms with Crippen LogP contribution in [0.4, 0.5) is 19.3 Å². The number of alkyl halides is 2. The Hall–Kier alpha value is -3.33. The lowest BCUT2D eigenvalue weighted by atomic mass is 9.80. The number of halogens is 2. The summed E-state index contributed by atoms with van der Waals surface area (Å²) in [5.74, 6) is -3.33. The molecule has 2 aromatic rings. The standard InChI is InChI=1S/C34H42F2N4O3/c1-23(2)40-32(43)39(26-11-7-4-8-12-26)31(42)33(40)21-27-13-14-28(22-33)38(27)20-17-29(24-9-5-3-6-10-24)37-30(41)25-15-18-34(35,36)19-16-25/h3-12,23,25,27-29H,13-22H2,1-2H3,(H,37,41)/t27?,28?,29-,33?/m0/s1. The number of nitrogens with one attached hydrogen (secondary N) is 1. The number of fused-ring (bicyclic) bond motifs is 2. The summed E-state index contributed by atoms with van der Waals surface area (Å²) >= 11 is 0. The predicted octanol–water partition coefficient (Wildman–Crippen LogP) is 6.30. The van der Waals surface area contributed by atoms with Crippen LogP contribution in [0.25, 0.3) is 0 Å². The van der Waals surface area contributed by atoms with Crippen molar-refractivity contribution in [2.75, 3.05) is 11.4 Å². The van der Waals surface area contributed by atoms with Crippen LogP contribution in [0.5, 0.6) is 0 Å². The van der Waals surface area contributed by atoms with E-state index in [-0.39, 0.29) is 67.7 Å². The SMILES string of the molecule is CC(C)N1C(=O)N(c2ccccc2)C(=O)C12CC1CCC(C2)N1CC[C@H](NC(=O)C1CCC(F)(F)CC1)c1ccccc1. The fourth-order valence-electron chi connectivity index (χ4n) is 8.14. The van der Waals surface area contributed by atoms with Gasteiger partial charge in [0.15, 0.2) is 0 Å². The number of benzene rings is 2. The number of urea groups is 1. The topological polar surface area (TPSA) is 73.0 Å². The van der Waals surface area contributed by atoms with E-state index in [0.29, 0.717) is 24.9 Å². The molecule has 6 rings (SSSR count). The summed E-state index contributed by atoms with van der Waals surface area (Å²) in [5, 5.41) is 3.20. The first-order chi connectivity index (χ1) is 20.6. The van der Waals surface area contributed by atoms with Crippen molar-refractivity contribution in [3.8, 4) is 0 Å². The molecule has 1 aliphatic carbocycles. The Morgan fingerprint density at radius 2 is 1.49 bits per heavy atom. The smallest absolute Gasteiger partial charge is 0.332 e. The van der Waals surface area contributed by atoms with Gasteiger partial charge in [-0.3, -0.25) is 14.5 Å². The number of carbonyl (C=O) groups is 3. The zero-order valence-electron chi connectivity index (χ0n) is 25.1. The quantitative estimate of drug-likeness (QED) is 0.365. The summed E-state index contributed by atoms with van der Waals surface area (Å²) in [5.41, 5.74) is 0.747. The maximum absolute atomic E-state index is 14.1. The Morgan fingerprint density at radius 3 is 2.07 bits per heavy atom. The van der Waals surface area contributed by atoms with Crippen molar-refractivity contribution in [3.63, 3.8) is 0 Å². The molecule has 3 saturated heterocycles. The fourth-order valence-corrected chi connectivity index (χ4v) is 8.14. The molecule has 3 atom stereocenters. The van der Waals surface area contributed by atoms with Gasteiger partial charge < -0.3 is 10.2 Å². The Morgan fingerprint density at radius 1 is 0.907 bits per heavy atom. The van der Waals surface area contributed by atoms with Crippen molar-refractivity contribution in [1.29, 1.82) is 0 Å². The van der Waals surface area contributed by atoms with Crippen molar-refractivity contribution in [3.05, 3.63) is 66.2 Å². The molecular formula is C34H42F2N4O3. The number of hydrogen-bond acceptors (Lipinski definition) is 4. The minimum atomic E-state index is -2.67. The number of carbonyl (C=O) groups excluding carboxylic acids is 3. The second kappa shape index (κ2) is 11.6. The largest absolute Gasteiger partial charge is 0.349 e. The molecule has 2 unspecified atom stereocenters. The van der Waals surface area contributed by atoms with E-state index in [1.165, 1.54) is 4.90 Å². The van der Waals surface area contributed by atoms with Gasteiger partial charge in [0.1, 0.15) is 5.54 Å². The molecule has 3 aliphatic heterocycles. The van der Waals surface area contributed by atoms with E-state index in [9.17, 15) is 23.2 Å². The fraction of sp³-hybridized carbons (Fsp3) is 0.559. The highest BCUT2D eigenvalue weighted by molar-refractivity contribution is 6.23. The number of piperidine rings is 1. The number of para-hydroxylation sites is 1. The maximum Gasteiger partial charge on any atom is 0.332 e.